The number of rotatable bonds is 4. The van der Waals surface area contributed by atoms with Gasteiger partial charge < -0.3 is 9.84 Å². The predicted octanol–water partition coefficient (Wildman–Crippen LogP) is 4.16. The fraction of sp³-hybridized carbons (Fsp3) is 0.750. The molecule has 0 bridgehead atoms. The van der Waals surface area contributed by atoms with Crippen molar-refractivity contribution in [3.05, 3.63) is 23.3 Å². The van der Waals surface area contributed by atoms with Gasteiger partial charge in [-0.25, -0.2) is 0 Å². The van der Waals surface area contributed by atoms with Crippen molar-refractivity contribution in [3.8, 4) is 0 Å². The third-order valence-electron chi connectivity index (χ3n) is 8.50. The smallest absolute Gasteiger partial charge is 0.190 e. The third kappa shape index (κ3) is 2.71. The van der Waals surface area contributed by atoms with Crippen molar-refractivity contribution in [1.82, 2.24) is 0 Å². The zero-order valence-corrected chi connectivity index (χ0v) is 17.7. The molecule has 0 aromatic rings. The van der Waals surface area contributed by atoms with E-state index in [4.69, 9.17) is 4.74 Å². The minimum absolute atomic E-state index is 0.00950. The van der Waals surface area contributed by atoms with Crippen LogP contribution in [0.2, 0.25) is 0 Å². The first-order chi connectivity index (χ1) is 13.1. The molecule has 0 aromatic heterocycles. The molecular weight excluding hydrogens is 352 g/mol. The number of hydrogen-bond acceptors (Lipinski definition) is 4. The fourth-order valence-electron chi connectivity index (χ4n) is 6.69. The summed E-state index contributed by atoms with van der Waals surface area (Å²) >= 11 is 0. The van der Waals surface area contributed by atoms with Gasteiger partial charge in [0.1, 0.15) is 12.2 Å². The number of ketones is 2. The normalized spacial score (nSPS) is 42.4. The molecule has 2 saturated carbocycles. The van der Waals surface area contributed by atoms with Crippen LogP contribution in [0.1, 0.15) is 72.6 Å². The Kier molecular flexibility index (Phi) is 4.74. The van der Waals surface area contributed by atoms with Crippen LogP contribution >= 0.6 is 0 Å². The van der Waals surface area contributed by atoms with Gasteiger partial charge >= 0.3 is 0 Å². The maximum atomic E-state index is 13.0. The minimum atomic E-state index is -1.30. The molecular formula is C24H34O4. The summed E-state index contributed by atoms with van der Waals surface area (Å²) in [6.07, 6.45) is 9.84. The number of carbonyl (C=O) groups excluding carboxylic acids is 2. The Bertz CT molecular complexity index is 763. The van der Waals surface area contributed by atoms with Crippen molar-refractivity contribution < 1.29 is 19.4 Å². The number of hydrogen-bond donors (Lipinski definition) is 1. The van der Waals surface area contributed by atoms with Crippen LogP contribution in [0.15, 0.2) is 23.3 Å². The van der Waals surface area contributed by atoms with Crippen molar-refractivity contribution in [2.24, 2.45) is 22.7 Å². The highest BCUT2D eigenvalue weighted by atomic mass is 16.5. The van der Waals surface area contributed by atoms with Crippen molar-refractivity contribution in [1.29, 1.82) is 0 Å². The van der Waals surface area contributed by atoms with Crippen molar-refractivity contribution in [3.63, 3.8) is 0 Å². The van der Waals surface area contributed by atoms with E-state index >= 15 is 0 Å². The zero-order valence-electron chi connectivity index (χ0n) is 17.7. The van der Waals surface area contributed by atoms with Gasteiger partial charge in [-0.05, 0) is 70.3 Å². The molecule has 0 radical (unpaired) electrons. The Morgan fingerprint density at radius 2 is 2.00 bits per heavy atom. The molecule has 4 heteroatoms. The van der Waals surface area contributed by atoms with Crippen LogP contribution in [0.4, 0.5) is 0 Å². The van der Waals surface area contributed by atoms with Gasteiger partial charge in [-0.15, -0.1) is 0 Å². The molecule has 4 aliphatic rings. The van der Waals surface area contributed by atoms with E-state index in [1.165, 1.54) is 11.1 Å². The summed E-state index contributed by atoms with van der Waals surface area (Å²) in [5, 5.41) is 11.5. The number of carbonyl (C=O) groups is 2. The average molecular weight is 387 g/mol. The number of aliphatic hydroxyl groups is 1. The van der Waals surface area contributed by atoms with Crippen LogP contribution in [0, 0.1) is 22.7 Å². The lowest BCUT2D eigenvalue weighted by atomic mass is 9.50. The highest BCUT2D eigenvalue weighted by molar-refractivity contribution is 5.92. The van der Waals surface area contributed by atoms with Gasteiger partial charge in [0.2, 0.25) is 0 Å². The molecule has 0 amide bonds. The second-order valence-electron chi connectivity index (χ2n) is 10.2. The topological polar surface area (TPSA) is 63.6 Å². The summed E-state index contributed by atoms with van der Waals surface area (Å²) in [5.41, 5.74) is 1.03. The van der Waals surface area contributed by atoms with Gasteiger partial charge in [-0.3, -0.25) is 9.59 Å². The van der Waals surface area contributed by atoms with Crippen molar-refractivity contribution >= 4 is 11.6 Å². The number of ether oxygens (including phenoxy) is 1. The summed E-state index contributed by atoms with van der Waals surface area (Å²) in [6, 6.07) is 0. The number of fused-ring (bicyclic) bond motifs is 5. The summed E-state index contributed by atoms with van der Waals surface area (Å²) in [6.45, 7) is 8.23. The van der Waals surface area contributed by atoms with E-state index in [9.17, 15) is 14.7 Å². The molecule has 28 heavy (non-hydrogen) atoms. The molecule has 0 heterocycles. The molecule has 154 valence electrons. The molecule has 4 rings (SSSR count). The molecule has 0 unspecified atom stereocenters. The summed E-state index contributed by atoms with van der Waals surface area (Å²) < 4.78 is 5.55. The molecule has 0 aliphatic heterocycles. The van der Waals surface area contributed by atoms with Crippen molar-refractivity contribution in [2.45, 2.75) is 84.3 Å². The number of Topliss-reactive ketones (excluding diaryl/α,β-unsaturated/α-hetero) is 1. The molecule has 4 aliphatic carbocycles. The van der Waals surface area contributed by atoms with E-state index in [2.05, 4.69) is 19.9 Å². The Morgan fingerprint density at radius 3 is 2.71 bits per heavy atom. The lowest BCUT2D eigenvalue weighted by molar-refractivity contribution is -0.158. The van der Waals surface area contributed by atoms with E-state index < -0.39 is 11.0 Å². The fourth-order valence-corrected chi connectivity index (χ4v) is 6.69. The Balaban J connectivity index is 1.65. The molecule has 2 fully saturated rings. The molecule has 0 spiro atoms. The van der Waals surface area contributed by atoms with Crippen LogP contribution < -0.4 is 0 Å². The standard InChI is InChI=1S/C24H34O4/c1-15(2)28-14-21(26)24(27)12-9-20-18-6-5-16-13-17(25)7-10-22(16,3)19(18)8-11-23(20,24)4/h8,13,15,18,20,27H,5-7,9-12,14H2,1-4H3/t18-,20+,22+,23+,24+/m1/s1. The Labute approximate surface area is 168 Å². The largest absolute Gasteiger partial charge is 0.381 e. The van der Waals surface area contributed by atoms with Crippen LogP contribution in [-0.4, -0.2) is 35.0 Å². The first-order valence-corrected chi connectivity index (χ1v) is 10.9. The Hall–Kier alpha value is -1.26. The SMILES string of the molecule is CC(C)OCC(=O)[C@@]1(O)CC[C@H]2[C@@H]3CCC4=CC(=O)CC[C@]4(C)C3=CC[C@@]21C. The Morgan fingerprint density at radius 1 is 1.25 bits per heavy atom. The molecule has 1 N–H and O–H groups in total. The van der Waals surface area contributed by atoms with Gasteiger partial charge in [0, 0.05) is 17.3 Å². The van der Waals surface area contributed by atoms with E-state index in [0.717, 1.165) is 32.1 Å². The van der Waals surface area contributed by atoms with Gasteiger partial charge in [-0.2, -0.15) is 0 Å². The van der Waals surface area contributed by atoms with Gasteiger partial charge in [0.15, 0.2) is 11.6 Å². The monoisotopic (exact) mass is 386 g/mol. The average Bonchev–Trinajstić information content (AvgIpc) is 2.92. The van der Waals surface area contributed by atoms with E-state index in [1.54, 1.807) is 0 Å². The minimum Gasteiger partial charge on any atom is -0.381 e. The van der Waals surface area contributed by atoms with Crippen LogP contribution in [0.3, 0.4) is 0 Å². The second-order valence-corrected chi connectivity index (χ2v) is 10.2. The first kappa shape index (κ1) is 20.0. The third-order valence-corrected chi connectivity index (χ3v) is 8.50. The van der Waals surface area contributed by atoms with Crippen LogP contribution in [0.5, 0.6) is 0 Å². The molecule has 4 nitrogen and oxygen atoms in total. The molecule has 5 atom stereocenters. The van der Waals surface area contributed by atoms with Crippen LogP contribution in [0.25, 0.3) is 0 Å². The predicted molar refractivity (Wildman–Crippen MR) is 108 cm³/mol. The quantitative estimate of drug-likeness (QED) is 0.737. The highest BCUT2D eigenvalue weighted by Gasteiger charge is 2.64. The molecule has 0 aromatic carbocycles. The maximum absolute atomic E-state index is 13.0. The second kappa shape index (κ2) is 6.63. The summed E-state index contributed by atoms with van der Waals surface area (Å²) in [5.74, 6) is 0.825. The zero-order chi connectivity index (χ0) is 20.3. The van der Waals surface area contributed by atoms with Gasteiger partial charge in [-0.1, -0.05) is 31.1 Å². The lowest BCUT2D eigenvalue weighted by Gasteiger charge is -2.54. The summed E-state index contributed by atoms with van der Waals surface area (Å²) in [4.78, 5) is 24.9. The lowest BCUT2D eigenvalue weighted by Crippen LogP contribution is -2.55. The van der Waals surface area contributed by atoms with Crippen molar-refractivity contribution in [2.75, 3.05) is 6.61 Å². The van der Waals surface area contributed by atoms with E-state index in [-0.39, 0.29) is 29.7 Å². The molecule has 0 saturated heterocycles. The first-order valence-electron chi connectivity index (χ1n) is 10.9. The van der Waals surface area contributed by atoms with E-state index in [1.807, 2.05) is 19.9 Å². The van der Waals surface area contributed by atoms with E-state index in [0.29, 0.717) is 24.7 Å². The maximum Gasteiger partial charge on any atom is 0.190 e. The van der Waals surface area contributed by atoms with Crippen LogP contribution in [-0.2, 0) is 14.3 Å². The van der Waals surface area contributed by atoms with Gasteiger partial charge in [0.05, 0.1) is 6.10 Å². The number of allylic oxidation sites excluding steroid dienone is 4. The highest BCUT2D eigenvalue weighted by Crippen LogP contribution is 2.65. The van der Waals surface area contributed by atoms with Gasteiger partial charge in [0.25, 0.3) is 0 Å². The summed E-state index contributed by atoms with van der Waals surface area (Å²) in [7, 11) is 0.